The summed E-state index contributed by atoms with van der Waals surface area (Å²) in [5.41, 5.74) is 0.599. The zero-order valence-corrected chi connectivity index (χ0v) is 25.3. The van der Waals surface area contributed by atoms with Gasteiger partial charge in [-0.15, -0.1) is 0 Å². The number of rotatable bonds is 13. The van der Waals surface area contributed by atoms with E-state index in [9.17, 15) is 14.4 Å². The van der Waals surface area contributed by atoms with E-state index < -0.39 is 0 Å². The Morgan fingerprint density at radius 2 is 1.74 bits per heavy atom. The Kier molecular flexibility index (Phi) is 10.9. The number of benzene rings is 1. The highest BCUT2D eigenvalue weighted by Crippen LogP contribution is 2.22. The molecule has 4 rings (SSSR count). The number of amides is 1. The first kappa shape index (κ1) is 31.2. The highest BCUT2D eigenvalue weighted by atomic mass is 32.1. The van der Waals surface area contributed by atoms with Crippen LogP contribution in [0.4, 0.5) is 11.6 Å². The fourth-order valence-corrected chi connectivity index (χ4v) is 4.50. The number of nitrogens with zero attached hydrogens (tertiary/aromatic N) is 5. The first-order valence-corrected chi connectivity index (χ1v) is 14.5. The Morgan fingerprint density at radius 1 is 1.02 bits per heavy atom. The molecular weight excluding hydrogens is 591 g/mol. The minimum absolute atomic E-state index is 0.177. The number of fused-ring (bicyclic) bond motifs is 1. The maximum atomic E-state index is 13.0. The number of pyridine rings is 1. The molecule has 0 unspecified atom stereocenters. The van der Waals surface area contributed by atoms with Crippen LogP contribution in [-0.4, -0.2) is 60.0 Å². The summed E-state index contributed by atoms with van der Waals surface area (Å²) in [6.07, 6.45) is 1.39. The molecule has 3 heterocycles. The van der Waals surface area contributed by atoms with Crippen molar-refractivity contribution >= 4 is 63.4 Å². The number of imidazole rings is 1. The van der Waals surface area contributed by atoms with Gasteiger partial charge < -0.3 is 25.7 Å². The molecule has 4 N–H and O–H groups in total. The first-order valence-electron chi connectivity index (χ1n) is 13.7. The third-order valence-electron chi connectivity index (χ3n) is 6.12. The Labute approximate surface area is 257 Å². The molecule has 0 fully saturated rings. The number of hydrogen-bond donors (Lipinski definition) is 4. The molecule has 224 valence electrons. The number of aryl methyl sites for hydroxylation is 1. The lowest BCUT2D eigenvalue weighted by atomic mass is 10.2. The van der Waals surface area contributed by atoms with Gasteiger partial charge in [0.05, 0.1) is 5.16 Å². The van der Waals surface area contributed by atoms with Crippen molar-refractivity contribution in [3.63, 3.8) is 0 Å². The molecule has 0 saturated heterocycles. The lowest BCUT2D eigenvalue weighted by Crippen LogP contribution is -2.40. The molecule has 1 aromatic carbocycles. The van der Waals surface area contributed by atoms with Crippen LogP contribution in [0, 0.1) is 0 Å². The molecule has 3 aromatic heterocycles. The van der Waals surface area contributed by atoms with Gasteiger partial charge in [-0.1, -0.05) is 19.9 Å². The third-order valence-corrected chi connectivity index (χ3v) is 6.46. The van der Waals surface area contributed by atoms with E-state index in [0.717, 1.165) is 6.42 Å². The predicted octanol–water partition coefficient (Wildman–Crippen LogP) is 2.98. The second-order valence-electron chi connectivity index (χ2n) is 9.30. The molecule has 0 radical (unpaired) electrons. The third kappa shape index (κ3) is 7.97. The zero-order valence-electron chi connectivity index (χ0n) is 23.7. The second-order valence-corrected chi connectivity index (χ2v) is 9.89. The van der Waals surface area contributed by atoms with Crippen molar-refractivity contribution in [2.24, 2.45) is 4.99 Å². The Hall–Kier alpha value is -4.72. The van der Waals surface area contributed by atoms with Gasteiger partial charge in [0.25, 0.3) is 11.5 Å². The number of aromatic amines is 1. The molecule has 1 amide bonds. The van der Waals surface area contributed by atoms with Crippen molar-refractivity contribution in [1.29, 1.82) is 0 Å². The number of aliphatic imine (C=N–C) groups is 1. The van der Waals surface area contributed by atoms with Crippen molar-refractivity contribution in [1.82, 2.24) is 34.7 Å². The van der Waals surface area contributed by atoms with Gasteiger partial charge >= 0.3 is 5.69 Å². The van der Waals surface area contributed by atoms with Gasteiger partial charge in [-0.25, -0.2) is 14.8 Å². The summed E-state index contributed by atoms with van der Waals surface area (Å²) >= 11 is 9.83. The van der Waals surface area contributed by atoms with E-state index in [0.29, 0.717) is 77.6 Å². The summed E-state index contributed by atoms with van der Waals surface area (Å²) in [5, 5.41) is 11.3. The van der Waals surface area contributed by atoms with Gasteiger partial charge in [0.15, 0.2) is 23.2 Å². The highest BCUT2D eigenvalue weighted by molar-refractivity contribution is 7.80. The van der Waals surface area contributed by atoms with E-state index in [4.69, 9.17) is 17.0 Å². The lowest BCUT2D eigenvalue weighted by molar-refractivity contribution is -0.123. The first-order chi connectivity index (χ1) is 20.8. The van der Waals surface area contributed by atoms with Crippen LogP contribution in [0.25, 0.3) is 22.6 Å². The van der Waals surface area contributed by atoms with Crippen LogP contribution in [0.2, 0.25) is 0 Å². The Balaban J connectivity index is 1.28. The van der Waals surface area contributed by atoms with Crippen LogP contribution in [-0.2, 0) is 17.9 Å². The molecule has 4 aromatic rings. The van der Waals surface area contributed by atoms with E-state index in [1.807, 2.05) is 13.8 Å². The van der Waals surface area contributed by atoms with E-state index in [-0.39, 0.29) is 23.8 Å². The molecular formula is C28H31N9O4S2. The average Bonchev–Trinajstić information content (AvgIpc) is 3.45. The summed E-state index contributed by atoms with van der Waals surface area (Å²) in [4.78, 5) is 53.8. The van der Waals surface area contributed by atoms with Crippen LogP contribution in [0.3, 0.4) is 0 Å². The minimum atomic E-state index is -0.382. The molecule has 0 spiro atoms. The number of hydrogen-bond acceptors (Lipinski definition) is 9. The van der Waals surface area contributed by atoms with Gasteiger partial charge in [-0.05, 0) is 73.7 Å². The fourth-order valence-electron chi connectivity index (χ4n) is 4.20. The number of aromatic nitrogens is 5. The molecule has 43 heavy (non-hydrogen) atoms. The second kappa shape index (κ2) is 15.0. The molecule has 0 aliphatic carbocycles. The topological polar surface area (TPSA) is 160 Å². The summed E-state index contributed by atoms with van der Waals surface area (Å²) in [6.45, 7) is 5.20. The predicted molar refractivity (Wildman–Crippen MR) is 172 cm³/mol. The smallest absolute Gasteiger partial charge is 0.332 e. The molecule has 0 saturated carbocycles. The van der Waals surface area contributed by atoms with Crippen LogP contribution < -0.4 is 31.9 Å². The maximum Gasteiger partial charge on any atom is 0.332 e. The van der Waals surface area contributed by atoms with Crippen molar-refractivity contribution in [3.05, 3.63) is 63.3 Å². The van der Waals surface area contributed by atoms with Crippen molar-refractivity contribution in [2.75, 3.05) is 25.0 Å². The van der Waals surface area contributed by atoms with Crippen molar-refractivity contribution < 1.29 is 9.53 Å². The Bertz CT molecular complexity index is 1770. The summed E-state index contributed by atoms with van der Waals surface area (Å²) in [6, 6.07) is 12.1. The standard InChI is InChI=1S/C28H31N9O4S2/c1-3-14-36-25-23(26(39)37(15-4-2)28(36)40)34-24(35-25)18-8-10-19(11-9-18)41-16-22(38)29-12-13-30-27(43)33-21-7-5-6-20(32-21)31-17-42/h5-11H,3-4,12-16H2,1-2H3,(H,29,38)(H,34,35)(H2,30,32,33,43). The largest absolute Gasteiger partial charge is 0.484 e. The number of thiocarbonyl (C=S) groups is 2. The number of anilines is 1. The van der Waals surface area contributed by atoms with E-state index in [1.165, 1.54) is 9.13 Å². The van der Waals surface area contributed by atoms with Crippen LogP contribution in [0.1, 0.15) is 26.7 Å². The van der Waals surface area contributed by atoms with Gasteiger partial charge in [0.2, 0.25) is 0 Å². The number of H-pyrrole nitrogens is 1. The molecule has 0 bridgehead atoms. The summed E-state index contributed by atoms with van der Waals surface area (Å²) < 4.78 is 8.39. The summed E-state index contributed by atoms with van der Waals surface area (Å²) in [7, 11) is 0. The molecule has 15 heteroatoms. The number of carbonyl (C=O) groups excluding carboxylic acids is 1. The lowest BCUT2D eigenvalue weighted by Gasteiger charge is -2.11. The number of ether oxygens (including phenoxy) is 1. The van der Waals surface area contributed by atoms with Crippen molar-refractivity contribution in [2.45, 2.75) is 39.8 Å². The number of nitrogens with one attached hydrogen (secondary N) is 4. The van der Waals surface area contributed by atoms with Gasteiger partial charge in [0.1, 0.15) is 22.9 Å². The maximum absolute atomic E-state index is 13.0. The van der Waals surface area contributed by atoms with E-state index in [2.05, 4.69) is 53.3 Å². The Morgan fingerprint density at radius 3 is 2.47 bits per heavy atom. The molecule has 0 atom stereocenters. The molecule has 0 aliphatic rings. The van der Waals surface area contributed by atoms with E-state index >= 15 is 0 Å². The number of isothiocyanates is 1. The molecule has 13 nitrogen and oxygen atoms in total. The average molecular weight is 622 g/mol. The minimum Gasteiger partial charge on any atom is -0.484 e. The van der Waals surface area contributed by atoms with E-state index in [1.54, 1.807) is 42.5 Å². The number of carbonyl (C=O) groups is 1. The van der Waals surface area contributed by atoms with Crippen LogP contribution in [0.15, 0.2) is 57.0 Å². The van der Waals surface area contributed by atoms with Gasteiger partial charge in [-0.3, -0.25) is 18.7 Å². The zero-order chi connectivity index (χ0) is 30.8. The van der Waals surface area contributed by atoms with Crippen LogP contribution in [0.5, 0.6) is 5.75 Å². The van der Waals surface area contributed by atoms with Crippen molar-refractivity contribution in [3.8, 4) is 17.1 Å². The monoisotopic (exact) mass is 621 g/mol. The SMILES string of the molecule is CCCn1c(=O)c2[nH]c(-c3ccc(OCC(=O)NCCNC(=S)Nc4cccc(N=C=S)n4)cc3)nc2n(CCC)c1=O. The highest BCUT2D eigenvalue weighted by Gasteiger charge is 2.17. The normalized spacial score (nSPS) is 10.7. The van der Waals surface area contributed by atoms with Gasteiger partial charge in [-0.2, -0.15) is 4.99 Å². The fraction of sp³-hybridized carbons (Fsp3) is 0.321. The quantitative estimate of drug-likeness (QED) is 0.0993. The van der Waals surface area contributed by atoms with Crippen LogP contribution >= 0.6 is 24.4 Å². The summed E-state index contributed by atoms with van der Waals surface area (Å²) in [5.74, 6) is 1.56. The van der Waals surface area contributed by atoms with Gasteiger partial charge in [0, 0.05) is 31.7 Å². The molecule has 0 aliphatic heterocycles.